The second kappa shape index (κ2) is 6.24. The van der Waals surface area contributed by atoms with Gasteiger partial charge in [-0.05, 0) is 18.1 Å². The van der Waals surface area contributed by atoms with Crippen molar-refractivity contribution >= 4 is 5.91 Å². The number of benzene rings is 1. The van der Waals surface area contributed by atoms with Crippen molar-refractivity contribution in [2.45, 2.75) is 30.3 Å². The third kappa shape index (κ3) is 2.76. The molecule has 1 aromatic carbocycles. The number of hydrogen-bond donors (Lipinski definition) is 1. The SMILES string of the molecule is O=C(c1cccc(=O)[nH]1)N1C[C@@H]2C[C@H]1CN2C[C@H]1[C@H](c2ccccc2)C1(F)F. The zero-order chi connectivity index (χ0) is 19.5. The fourth-order valence-electron chi connectivity index (χ4n) is 4.93. The molecule has 5 nitrogen and oxygen atoms in total. The van der Waals surface area contributed by atoms with E-state index in [1.165, 1.54) is 6.07 Å². The van der Waals surface area contributed by atoms with E-state index in [-0.39, 0.29) is 29.2 Å². The van der Waals surface area contributed by atoms with Gasteiger partial charge in [-0.1, -0.05) is 36.4 Å². The first-order valence-corrected chi connectivity index (χ1v) is 9.62. The summed E-state index contributed by atoms with van der Waals surface area (Å²) in [6, 6.07) is 13.6. The molecule has 2 aromatic rings. The molecule has 1 aromatic heterocycles. The first-order chi connectivity index (χ1) is 13.4. The highest BCUT2D eigenvalue weighted by molar-refractivity contribution is 5.92. The lowest BCUT2D eigenvalue weighted by Crippen LogP contribution is -2.49. The second-order valence-corrected chi connectivity index (χ2v) is 8.05. The first-order valence-electron chi connectivity index (χ1n) is 9.62. The summed E-state index contributed by atoms with van der Waals surface area (Å²) >= 11 is 0. The van der Waals surface area contributed by atoms with Crippen molar-refractivity contribution in [1.29, 1.82) is 0 Å². The summed E-state index contributed by atoms with van der Waals surface area (Å²) in [5.74, 6) is -4.23. The van der Waals surface area contributed by atoms with Crippen LogP contribution >= 0.6 is 0 Å². The number of aromatic amines is 1. The summed E-state index contributed by atoms with van der Waals surface area (Å²) in [5.41, 5.74) is 0.677. The molecule has 3 aliphatic rings. The fraction of sp³-hybridized carbons (Fsp3) is 0.429. The standard InChI is InChI=1S/C21H21F2N3O2/c22-21(23)16(19(21)13-5-2-1-3-6-13)12-25-10-15-9-14(25)11-26(15)20(28)17-7-4-8-18(27)24-17/h1-8,14-16,19H,9-12H2,(H,24,27)/t14-,15-,16-,19-/m0/s1. The van der Waals surface area contributed by atoms with E-state index in [0.717, 1.165) is 6.42 Å². The van der Waals surface area contributed by atoms with Crippen LogP contribution in [0.25, 0.3) is 0 Å². The van der Waals surface area contributed by atoms with Gasteiger partial charge >= 0.3 is 0 Å². The topological polar surface area (TPSA) is 56.4 Å². The van der Waals surface area contributed by atoms with E-state index in [4.69, 9.17) is 0 Å². The number of carbonyl (C=O) groups is 1. The van der Waals surface area contributed by atoms with Gasteiger partial charge in [0.2, 0.25) is 5.56 Å². The Morgan fingerprint density at radius 2 is 1.86 bits per heavy atom. The van der Waals surface area contributed by atoms with Crippen molar-refractivity contribution in [2.75, 3.05) is 19.6 Å². The number of nitrogens with one attached hydrogen (secondary N) is 1. The predicted molar refractivity (Wildman–Crippen MR) is 99.5 cm³/mol. The number of fused-ring (bicyclic) bond motifs is 2. The smallest absolute Gasteiger partial charge is 0.270 e. The monoisotopic (exact) mass is 385 g/mol. The Labute approximate surface area is 161 Å². The minimum absolute atomic E-state index is 0.0174. The van der Waals surface area contributed by atoms with Crippen molar-refractivity contribution in [1.82, 2.24) is 14.8 Å². The fourth-order valence-corrected chi connectivity index (χ4v) is 4.93. The largest absolute Gasteiger partial charge is 0.331 e. The number of amides is 1. The molecular weight excluding hydrogens is 364 g/mol. The Bertz CT molecular complexity index is 961. The molecule has 1 saturated carbocycles. The Morgan fingerprint density at radius 1 is 1.07 bits per heavy atom. The Kier molecular flexibility index (Phi) is 3.91. The number of nitrogens with zero attached hydrogens (tertiary/aromatic N) is 2. The van der Waals surface area contributed by atoms with Crippen LogP contribution in [0, 0.1) is 5.92 Å². The Hall–Kier alpha value is -2.54. The average molecular weight is 385 g/mol. The van der Waals surface area contributed by atoms with Crippen molar-refractivity contribution in [3.05, 3.63) is 70.1 Å². The molecule has 146 valence electrons. The minimum Gasteiger partial charge on any atom is -0.331 e. The van der Waals surface area contributed by atoms with Crippen LogP contribution in [0.1, 0.15) is 28.4 Å². The van der Waals surface area contributed by atoms with E-state index < -0.39 is 17.8 Å². The van der Waals surface area contributed by atoms with Gasteiger partial charge in [0.25, 0.3) is 11.8 Å². The van der Waals surface area contributed by atoms with Gasteiger partial charge in [0, 0.05) is 43.7 Å². The lowest BCUT2D eigenvalue weighted by atomic mass is 10.1. The second-order valence-electron chi connectivity index (χ2n) is 8.05. The molecule has 7 heteroatoms. The lowest BCUT2D eigenvalue weighted by Gasteiger charge is -2.34. The molecule has 4 atom stereocenters. The molecule has 1 amide bonds. The van der Waals surface area contributed by atoms with Gasteiger partial charge in [-0.2, -0.15) is 0 Å². The quantitative estimate of drug-likeness (QED) is 0.879. The summed E-state index contributed by atoms with van der Waals surface area (Å²) in [6.45, 7) is 1.49. The molecule has 1 aliphatic carbocycles. The van der Waals surface area contributed by atoms with Crippen LogP contribution in [-0.2, 0) is 0 Å². The number of piperazine rings is 1. The van der Waals surface area contributed by atoms with E-state index in [9.17, 15) is 18.4 Å². The summed E-state index contributed by atoms with van der Waals surface area (Å²) in [6.07, 6.45) is 0.803. The lowest BCUT2D eigenvalue weighted by molar-refractivity contribution is 0.0541. The zero-order valence-corrected chi connectivity index (χ0v) is 15.2. The van der Waals surface area contributed by atoms with Crippen LogP contribution in [0.2, 0.25) is 0 Å². The summed E-state index contributed by atoms with van der Waals surface area (Å²) in [4.78, 5) is 30.6. The number of aromatic nitrogens is 1. The van der Waals surface area contributed by atoms with E-state index in [1.54, 1.807) is 41.3 Å². The van der Waals surface area contributed by atoms with Gasteiger partial charge in [-0.15, -0.1) is 0 Å². The van der Waals surface area contributed by atoms with E-state index in [0.29, 0.717) is 25.2 Å². The van der Waals surface area contributed by atoms with Gasteiger partial charge in [0.1, 0.15) is 5.69 Å². The van der Waals surface area contributed by atoms with Crippen LogP contribution in [0.15, 0.2) is 53.3 Å². The van der Waals surface area contributed by atoms with Crippen molar-refractivity contribution in [2.24, 2.45) is 5.92 Å². The van der Waals surface area contributed by atoms with Gasteiger partial charge in [0.05, 0.1) is 5.92 Å². The number of hydrogen-bond acceptors (Lipinski definition) is 3. The van der Waals surface area contributed by atoms with Crippen molar-refractivity contribution < 1.29 is 13.6 Å². The number of pyridine rings is 1. The number of halogens is 2. The first kappa shape index (κ1) is 17.6. The number of H-pyrrole nitrogens is 1. The molecular formula is C21H21F2N3O2. The van der Waals surface area contributed by atoms with Crippen LogP contribution in [0.4, 0.5) is 8.78 Å². The highest BCUT2D eigenvalue weighted by Gasteiger charge is 2.69. The molecule has 1 N–H and O–H groups in total. The number of carbonyl (C=O) groups excluding carboxylic acids is 1. The number of likely N-dealkylation sites (tertiary alicyclic amines) is 2. The van der Waals surface area contributed by atoms with E-state index in [2.05, 4.69) is 9.88 Å². The zero-order valence-electron chi connectivity index (χ0n) is 15.2. The van der Waals surface area contributed by atoms with Gasteiger partial charge in [-0.3, -0.25) is 14.5 Å². The van der Waals surface area contributed by atoms with Gasteiger partial charge < -0.3 is 9.88 Å². The number of alkyl halides is 2. The molecule has 5 rings (SSSR count). The predicted octanol–water partition coefficient (Wildman–Crippen LogP) is 2.32. The third-order valence-electron chi connectivity index (χ3n) is 6.41. The third-order valence-corrected chi connectivity index (χ3v) is 6.41. The highest BCUT2D eigenvalue weighted by Crippen LogP contribution is 2.62. The summed E-state index contributed by atoms with van der Waals surface area (Å²) in [5, 5.41) is 0. The number of rotatable bonds is 4. The van der Waals surface area contributed by atoms with Crippen molar-refractivity contribution in [3.8, 4) is 0 Å². The molecule has 0 spiro atoms. The van der Waals surface area contributed by atoms with Crippen molar-refractivity contribution in [3.63, 3.8) is 0 Å². The van der Waals surface area contributed by atoms with Crippen LogP contribution in [0.5, 0.6) is 0 Å². The maximum atomic E-state index is 14.4. The maximum Gasteiger partial charge on any atom is 0.270 e. The van der Waals surface area contributed by atoms with Gasteiger partial charge in [-0.25, -0.2) is 8.78 Å². The van der Waals surface area contributed by atoms with Crippen LogP contribution in [-0.4, -0.2) is 58.3 Å². The van der Waals surface area contributed by atoms with Crippen LogP contribution in [0.3, 0.4) is 0 Å². The molecule has 2 aliphatic heterocycles. The molecule has 2 bridgehead atoms. The molecule has 3 fully saturated rings. The normalized spacial score (nSPS) is 30.6. The molecule has 0 unspecified atom stereocenters. The van der Waals surface area contributed by atoms with Gasteiger partial charge in [0.15, 0.2) is 0 Å². The van der Waals surface area contributed by atoms with Crippen LogP contribution < -0.4 is 5.56 Å². The minimum atomic E-state index is -2.66. The molecule has 2 saturated heterocycles. The average Bonchev–Trinajstić information content (AvgIpc) is 3.02. The Balaban J connectivity index is 1.25. The Morgan fingerprint density at radius 3 is 2.54 bits per heavy atom. The van der Waals surface area contributed by atoms with E-state index >= 15 is 0 Å². The molecule has 0 radical (unpaired) electrons. The molecule has 28 heavy (non-hydrogen) atoms. The summed E-state index contributed by atoms with van der Waals surface area (Å²) < 4.78 is 28.8. The summed E-state index contributed by atoms with van der Waals surface area (Å²) in [7, 11) is 0. The highest BCUT2D eigenvalue weighted by atomic mass is 19.3. The molecule has 3 heterocycles. The van der Waals surface area contributed by atoms with E-state index in [1.807, 2.05) is 6.07 Å². The maximum absolute atomic E-state index is 14.4.